The minimum Gasteiger partial charge on any atom is -0.396 e. The van der Waals surface area contributed by atoms with Crippen molar-refractivity contribution in [2.24, 2.45) is 11.7 Å². The van der Waals surface area contributed by atoms with E-state index < -0.39 is 0 Å². The molecule has 0 bridgehead atoms. The quantitative estimate of drug-likeness (QED) is 0.822. The minimum absolute atomic E-state index is 0.0975. The summed E-state index contributed by atoms with van der Waals surface area (Å²) in [5.41, 5.74) is 7.40. The van der Waals surface area contributed by atoms with Crippen molar-refractivity contribution in [3.8, 4) is 0 Å². The standard InChI is InChI=1S/C14H23N3O/c1-11(15)14(13-2-6-16-7-3-13)17-8-4-12(10-17)5-9-18/h2-3,6-7,11-12,14,18H,4-5,8-10,15H2,1H3. The lowest BCUT2D eigenvalue weighted by Crippen LogP contribution is -2.38. The number of pyridine rings is 1. The van der Waals surface area contributed by atoms with E-state index in [1.54, 1.807) is 0 Å². The highest BCUT2D eigenvalue weighted by Gasteiger charge is 2.30. The van der Waals surface area contributed by atoms with Crippen LogP contribution >= 0.6 is 0 Å². The van der Waals surface area contributed by atoms with Gasteiger partial charge in [0.05, 0.1) is 0 Å². The first-order valence-electron chi connectivity index (χ1n) is 6.72. The zero-order valence-corrected chi connectivity index (χ0v) is 11.0. The lowest BCUT2D eigenvalue weighted by atomic mass is 10.0. The number of nitrogens with two attached hydrogens (primary N) is 1. The first kappa shape index (κ1) is 13.5. The fourth-order valence-electron chi connectivity index (χ4n) is 2.94. The van der Waals surface area contributed by atoms with Gasteiger partial charge in [-0.15, -0.1) is 0 Å². The zero-order chi connectivity index (χ0) is 13.0. The molecule has 1 aliphatic rings. The summed E-state index contributed by atoms with van der Waals surface area (Å²) in [6.45, 7) is 4.45. The van der Waals surface area contributed by atoms with Crippen molar-refractivity contribution in [3.63, 3.8) is 0 Å². The van der Waals surface area contributed by atoms with Gasteiger partial charge in [0.25, 0.3) is 0 Å². The monoisotopic (exact) mass is 249 g/mol. The Morgan fingerprint density at radius 3 is 2.83 bits per heavy atom. The zero-order valence-electron chi connectivity index (χ0n) is 11.0. The number of likely N-dealkylation sites (tertiary alicyclic amines) is 1. The average Bonchev–Trinajstić information content (AvgIpc) is 2.79. The number of nitrogens with zero attached hydrogens (tertiary/aromatic N) is 2. The number of aliphatic hydroxyl groups is 1. The molecule has 0 aliphatic carbocycles. The van der Waals surface area contributed by atoms with Gasteiger partial charge in [-0.2, -0.15) is 0 Å². The summed E-state index contributed by atoms with van der Waals surface area (Å²) in [5.74, 6) is 0.609. The first-order valence-corrected chi connectivity index (χ1v) is 6.72. The van der Waals surface area contributed by atoms with E-state index in [0.717, 1.165) is 25.9 Å². The second-order valence-electron chi connectivity index (χ2n) is 5.25. The Labute approximate surface area is 109 Å². The molecule has 2 heterocycles. The van der Waals surface area contributed by atoms with Gasteiger partial charge in [-0.3, -0.25) is 9.88 Å². The van der Waals surface area contributed by atoms with Crippen LogP contribution in [0.1, 0.15) is 31.4 Å². The molecule has 4 heteroatoms. The summed E-state index contributed by atoms with van der Waals surface area (Å²) in [7, 11) is 0. The molecule has 18 heavy (non-hydrogen) atoms. The minimum atomic E-state index is 0.0975. The predicted octanol–water partition coefficient (Wildman–Crippen LogP) is 1.17. The van der Waals surface area contributed by atoms with Gasteiger partial charge in [0, 0.05) is 37.6 Å². The van der Waals surface area contributed by atoms with Gasteiger partial charge >= 0.3 is 0 Å². The Kier molecular flexibility index (Phi) is 4.69. The van der Waals surface area contributed by atoms with Gasteiger partial charge in [0.2, 0.25) is 0 Å². The second-order valence-corrected chi connectivity index (χ2v) is 5.25. The van der Waals surface area contributed by atoms with Gasteiger partial charge in [0.1, 0.15) is 0 Å². The van der Waals surface area contributed by atoms with E-state index in [1.165, 1.54) is 5.56 Å². The Morgan fingerprint density at radius 1 is 1.50 bits per heavy atom. The lowest BCUT2D eigenvalue weighted by molar-refractivity contribution is 0.201. The Hall–Kier alpha value is -0.970. The molecule has 1 aromatic heterocycles. The van der Waals surface area contributed by atoms with Crippen LogP contribution in [-0.4, -0.2) is 40.7 Å². The molecule has 0 radical (unpaired) electrons. The van der Waals surface area contributed by atoms with E-state index in [9.17, 15) is 0 Å². The normalized spacial score (nSPS) is 24.1. The van der Waals surface area contributed by atoms with Crippen LogP contribution in [0.2, 0.25) is 0 Å². The van der Waals surface area contributed by atoms with E-state index in [1.807, 2.05) is 24.5 Å². The molecule has 0 spiro atoms. The molecule has 3 unspecified atom stereocenters. The number of aliphatic hydroxyl groups excluding tert-OH is 1. The molecule has 0 amide bonds. The SMILES string of the molecule is CC(N)C(c1ccncc1)N1CCC(CCO)C1. The summed E-state index contributed by atoms with van der Waals surface area (Å²) in [6, 6.07) is 4.46. The van der Waals surface area contributed by atoms with Gasteiger partial charge in [-0.25, -0.2) is 0 Å². The number of hydrogen-bond acceptors (Lipinski definition) is 4. The molecular formula is C14H23N3O. The van der Waals surface area contributed by atoms with Crippen LogP contribution in [0.15, 0.2) is 24.5 Å². The number of hydrogen-bond donors (Lipinski definition) is 2. The fraction of sp³-hybridized carbons (Fsp3) is 0.643. The van der Waals surface area contributed by atoms with Crippen molar-refractivity contribution in [2.75, 3.05) is 19.7 Å². The van der Waals surface area contributed by atoms with Crippen LogP contribution < -0.4 is 5.73 Å². The van der Waals surface area contributed by atoms with E-state index in [0.29, 0.717) is 5.92 Å². The average molecular weight is 249 g/mol. The second kappa shape index (κ2) is 6.27. The smallest absolute Gasteiger partial charge is 0.0497 e. The largest absolute Gasteiger partial charge is 0.396 e. The summed E-state index contributed by atoms with van der Waals surface area (Å²) >= 11 is 0. The van der Waals surface area contributed by atoms with Crippen molar-refractivity contribution in [3.05, 3.63) is 30.1 Å². The van der Waals surface area contributed by atoms with Crippen molar-refractivity contribution in [1.82, 2.24) is 9.88 Å². The highest BCUT2D eigenvalue weighted by molar-refractivity contribution is 5.17. The van der Waals surface area contributed by atoms with Gasteiger partial charge < -0.3 is 10.8 Å². The van der Waals surface area contributed by atoms with Crippen molar-refractivity contribution in [1.29, 1.82) is 0 Å². The summed E-state index contributed by atoms with van der Waals surface area (Å²) in [6.07, 6.45) is 5.71. The molecule has 1 fully saturated rings. The van der Waals surface area contributed by atoms with Crippen LogP contribution in [0.5, 0.6) is 0 Å². The lowest BCUT2D eigenvalue weighted by Gasteiger charge is -2.31. The van der Waals surface area contributed by atoms with Crippen LogP contribution in [0.3, 0.4) is 0 Å². The maximum absolute atomic E-state index is 9.03. The fourth-order valence-corrected chi connectivity index (χ4v) is 2.94. The Balaban J connectivity index is 2.08. The van der Waals surface area contributed by atoms with Crippen molar-refractivity contribution >= 4 is 0 Å². The topological polar surface area (TPSA) is 62.4 Å². The molecule has 0 aromatic carbocycles. The third-order valence-corrected chi connectivity index (χ3v) is 3.79. The van der Waals surface area contributed by atoms with Gasteiger partial charge in [-0.05, 0) is 49.9 Å². The van der Waals surface area contributed by atoms with E-state index in [4.69, 9.17) is 10.8 Å². The van der Waals surface area contributed by atoms with E-state index in [-0.39, 0.29) is 18.7 Å². The molecule has 1 aliphatic heterocycles. The maximum atomic E-state index is 9.03. The van der Waals surface area contributed by atoms with E-state index >= 15 is 0 Å². The Bertz CT molecular complexity index is 355. The molecule has 100 valence electrons. The van der Waals surface area contributed by atoms with Crippen LogP contribution in [0, 0.1) is 5.92 Å². The third-order valence-electron chi connectivity index (χ3n) is 3.79. The summed E-state index contributed by atoms with van der Waals surface area (Å²) < 4.78 is 0. The first-order chi connectivity index (χ1) is 8.72. The predicted molar refractivity (Wildman–Crippen MR) is 72.0 cm³/mol. The highest BCUT2D eigenvalue weighted by atomic mass is 16.3. The molecular weight excluding hydrogens is 226 g/mol. The number of aromatic nitrogens is 1. The van der Waals surface area contributed by atoms with Gasteiger partial charge in [-0.1, -0.05) is 0 Å². The van der Waals surface area contributed by atoms with Crippen LogP contribution in [0.25, 0.3) is 0 Å². The summed E-state index contributed by atoms with van der Waals surface area (Å²) in [4.78, 5) is 6.51. The summed E-state index contributed by atoms with van der Waals surface area (Å²) in [5, 5.41) is 9.03. The highest BCUT2D eigenvalue weighted by Crippen LogP contribution is 2.30. The molecule has 1 saturated heterocycles. The van der Waals surface area contributed by atoms with E-state index in [2.05, 4.69) is 16.8 Å². The molecule has 4 nitrogen and oxygen atoms in total. The van der Waals surface area contributed by atoms with Crippen LogP contribution in [-0.2, 0) is 0 Å². The molecule has 3 atom stereocenters. The molecule has 3 N–H and O–H groups in total. The molecule has 2 rings (SSSR count). The molecule has 0 saturated carbocycles. The van der Waals surface area contributed by atoms with Gasteiger partial charge in [0.15, 0.2) is 0 Å². The maximum Gasteiger partial charge on any atom is 0.0497 e. The molecule has 1 aromatic rings. The van der Waals surface area contributed by atoms with Crippen molar-refractivity contribution < 1.29 is 5.11 Å². The van der Waals surface area contributed by atoms with Crippen LogP contribution in [0.4, 0.5) is 0 Å². The third kappa shape index (κ3) is 3.07. The van der Waals surface area contributed by atoms with Crippen molar-refractivity contribution in [2.45, 2.75) is 31.8 Å². The Morgan fingerprint density at radius 2 is 2.22 bits per heavy atom. The number of rotatable bonds is 5.